The van der Waals surface area contributed by atoms with Crippen molar-refractivity contribution in [2.75, 3.05) is 17.2 Å². The van der Waals surface area contributed by atoms with E-state index in [-0.39, 0.29) is 18.6 Å². The van der Waals surface area contributed by atoms with Crippen LogP contribution in [0.4, 0.5) is 11.4 Å². The second kappa shape index (κ2) is 5.78. The van der Waals surface area contributed by atoms with Gasteiger partial charge < -0.3 is 15.4 Å². The molecule has 110 valence electrons. The highest BCUT2D eigenvalue weighted by molar-refractivity contribution is 5.95. The van der Waals surface area contributed by atoms with Gasteiger partial charge in [-0.15, -0.1) is 0 Å². The topological polar surface area (TPSA) is 74.2 Å². The van der Waals surface area contributed by atoms with Gasteiger partial charge in [-0.1, -0.05) is 12.1 Å². The lowest BCUT2D eigenvalue weighted by Crippen LogP contribution is -2.25. The van der Waals surface area contributed by atoms with Gasteiger partial charge in [-0.3, -0.25) is 4.79 Å². The Bertz CT molecular complexity index is 765. The minimum atomic E-state index is -0.144. The highest BCUT2D eigenvalue weighted by Gasteiger charge is 2.16. The van der Waals surface area contributed by atoms with Crippen molar-refractivity contribution in [3.63, 3.8) is 0 Å². The minimum Gasteiger partial charge on any atom is -0.482 e. The van der Waals surface area contributed by atoms with E-state index in [1.165, 1.54) is 0 Å². The fourth-order valence-corrected chi connectivity index (χ4v) is 2.38. The second-order valence-electron chi connectivity index (χ2n) is 5.15. The summed E-state index contributed by atoms with van der Waals surface area (Å²) in [6, 6.07) is 15.3. The van der Waals surface area contributed by atoms with Gasteiger partial charge in [-0.05, 0) is 36.8 Å². The Morgan fingerprint density at radius 3 is 3.00 bits per heavy atom. The Morgan fingerprint density at radius 1 is 1.32 bits per heavy atom. The average Bonchev–Trinajstić information content (AvgIpc) is 2.55. The molecule has 2 N–H and O–H groups in total. The maximum absolute atomic E-state index is 11.3. The van der Waals surface area contributed by atoms with E-state index in [2.05, 4.69) is 16.7 Å². The third-order valence-electron chi connectivity index (χ3n) is 3.51. The van der Waals surface area contributed by atoms with Gasteiger partial charge in [0.15, 0.2) is 6.61 Å². The van der Waals surface area contributed by atoms with Crippen molar-refractivity contribution in [3.8, 4) is 11.8 Å². The van der Waals surface area contributed by atoms with Crippen molar-refractivity contribution in [2.45, 2.75) is 13.0 Å². The Kier molecular flexibility index (Phi) is 3.67. The van der Waals surface area contributed by atoms with Crippen LogP contribution in [-0.2, 0) is 4.79 Å². The smallest absolute Gasteiger partial charge is 0.262 e. The molecule has 22 heavy (non-hydrogen) atoms. The molecule has 5 nitrogen and oxygen atoms in total. The summed E-state index contributed by atoms with van der Waals surface area (Å²) < 4.78 is 5.41. The number of nitriles is 1. The maximum Gasteiger partial charge on any atom is 0.262 e. The molecule has 1 heterocycles. The van der Waals surface area contributed by atoms with Crippen molar-refractivity contribution >= 4 is 17.3 Å². The lowest BCUT2D eigenvalue weighted by molar-refractivity contribution is -0.118. The first-order valence-corrected chi connectivity index (χ1v) is 6.99. The monoisotopic (exact) mass is 293 g/mol. The molecule has 0 fully saturated rings. The number of nitrogens with one attached hydrogen (secondary N) is 2. The van der Waals surface area contributed by atoms with Gasteiger partial charge in [0.2, 0.25) is 0 Å². The lowest BCUT2D eigenvalue weighted by atomic mass is 10.1. The van der Waals surface area contributed by atoms with Crippen LogP contribution in [0, 0.1) is 11.3 Å². The molecule has 1 atom stereocenters. The van der Waals surface area contributed by atoms with E-state index in [0.29, 0.717) is 17.0 Å². The third-order valence-corrected chi connectivity index (χ3v) is 3.51. The zero-order chi connectivity index (χ0) is 15.5. The van der Waals surface area contributed by atoms with Crippen LogP contribution in [0.5, 0.6) is 5.75 Å². The molecule has 0 saturated heterocycles. The summed E-state index contributed by atoms with van der Waals surface area (Å²) in [6.07, 6.45) is 0. The molecule has 0 spiro atoms. The van der Waals surface area contributed by atoms with E-state index >= 15 is 0 Å². The molecule has 1 aliphatic rings. The summed E-state index contributed by atoms with van der Waals surface area (Å²) in [7, 11) is 0. The number of fused-ring (bicyclic) bond motifs is 1. The predicted molar refractivity (Wildman–Crippen MR) is 83.8 cm³/mol. The van der Waals surface area contributed by atoms with Crippen LogP contribution < -0.4 is 15.4 Å². The summed E-state index contributed by atoms with van der Waals surface area (Å²) in [5.74, 6) is 0.512. The first-order chi connectivity index (χ1) is 10.7. The molecule has 1 amide bonds. The van der Waals surface area contributed by atoms with Crippen LogP contribution in [0.15, 0.2) is 42.5 Å². The second-order valence-corrected chi connectivity index (χ2v) is 5.15. The number of hydrogen-bond acceptors (Lipinski definition) is 4. The van der Waals surface area contributed by atoms with Crippen molar-refractivity contribution in [2.24, 2.45) is 0 Å². The molecule has 2 aromatic rings. The standard InChI is InChI=1S/C17H15N3O2/c1-11(13-4-2-3-12(7-13)9-18)19-14-5-6-15-16(8-14)22-10-17(21)20-15/h2-8,11,19H,10H2,1H3,(H,20,21)/t11-/m0/s1. The maximum atomic E-state index is 11.3. The number of rotatable bonds is 3. The minimum absolute atomic E-state index is 0.0379. The molecule has 0 unspecified atom stereocenters. The Balaban J connectivity index is 1.78. The Hall–Kier alpha value is -3.00. The van der Waals surface area contributed by atoms with E-state index in [0.717, 1.165) is 11.3 Å². The first-order valence-electron chi connectivity index (χ1n) is 6.99. The summed E-state index contributed by atoms with van der Waals surface area (Å²) in [5, 5.41) is 15.1. The van der Waals surface area contributed by atoms with Crippen molar-refractivity contribution in [3.05, 3.63) is 53.6 Å². The zero-order valence-corrected chi connectivity index (χ0v) is 12.1. The van der Waals surface area contributed by atoms with Gasteiger partial charge in [0.05, 0.1) is 17.3 Å². The van der Waals surface area contributed by atoms with Crippen LogP contribution in [0.2, 0.25) is 0 Å². The number of hydrogen-bond donors (Lipinski definition) is 2. The van der Waals surface area contributed by atoms with Crippen LogP contribution >= 0.6 is 0 Å². The lowest BCUT2D eigenvalue weighted by Gasteiger charge is -2.21. The van der Waals surface area contributed by atoms with Crippen molar-refractivity contribution < 1.29 is 9.53 Å². The Morgan fingerprint density at radius 2 is 2.18 bits per heavy atom. The molecule has 1 aliphatic heterocycles. The highest BCUT2D eigenvalue weighted by atomic mass is 16.5. The first kappa shape index (κ1) is 14.0. The fraction of sp³-hybridized carbons (Fsp3) is 0.176. The molecule has 0 radical (unpaired) electrons. The zero-order valence-electron chi connectivity index (χ0n) is 12.1. The summed E-state index contributed by atoms with van der Waals surface area (Å²) >= 11 is 0. The van der Waals surface area contributed by atoms with E-state index in [9.17, 15) is 4.79 Å². The molecular formula is C17H15N3O2. The van der Waals surface area contributed by atoms with Gasteiger partial charge in [0, 0.05) is 17.8 Å². The molecular weight excluding hydrogens is 278 g/mol. The van der Waals surface area contributed by atoms with Gasteiger partial charge in [-0.25, -0.2) is 0 Å². The summed E-state index contributed by atoms with van der Waals surface area (Å²) in [4.78, 5) is 11.3. The summed E-state index contributed by atoms with van der Waals surface area (Å²) in [5.41, 5.74) is 3.25. The van der Waals surface area contributed by atoms with E-state index < -0.39 is 0 Å². The molecule has 3 rings (SSSR count). The number of ether oxygens (including phenoxy) is 1. The fourth-order valence-electron chi connectivity index (χ4n) is 2.38. The molecule has 0 aliphatic carbocycles. The quantitative estimate of drug-likeness (QED) is 0.912. The SMILES string of the molecule is C[C@H](Nc1ccc2c(c1)OCC(=O)N2)c1cccc(C#N)c1. The number of anilines is 2. The number of nitrogens with zero attached hydrogens (tertiary/aromatic N) is 1. The van der Waals surface area contributed by atoms with Gasteiger partial charge in [0.25, 0.3) is 5.91 Å². The number of carbonyl (C=O) groups is 1. The van der Waals surface area contributed by atoms with Crippen molar-refractivity contribution in [1.82, 2.24) is 0 Å². The molecule has 0 saturated carbocycles. The largest absolute Gasteiger partial charge is 0.482 e. The number of carbonyl (C=O) groups excluding carboxylic acids is 1. The van der Waals surface area contributed by atoms with Gasteiger partial charge >= 0.3 is 0 Å². The van der Waals surface area contributed by atoms with Crippen molar-refractivity contribution in [1.29, 1.82) is 5.26 Å². The van der Waals surface area contributed by atoms with E-state index in [1.807, 2.05) is 43.3 Å². The third kappa shape index (κ3) is 2.86. The normalized spacial score (nSPS) is 14.1. The molecule has 0 aromatic heterocycles. The predicted octanol–water partition coefficient (Wildman–Crippen LogP) is 3.06. The van der Waals surface area contributed by atoms with Crippen LogP contribution in [-0.4, -0.2) is 12.5 Å². The van der Waals surface area contributed by atoms with Gasteiger partial charge in [-0.2, -0.15) is 5.26 Å². The summed E-state index contributed by atoms with van der Waals surface area (Å²) in [6.45, 7) is 2.06. The average molecular weight is 293 g/mol. The molecule has 0 bridgehead atoms. The van der Waals surface area contributed by atoms with Crippen LogP contribution in [0.25, 0.3) is 0 Å². The van der Waals surface area contributed by atoms with Crippen LogP contribution in [0.3, 0.4) is 0 Å². The molecule has 5 heteroatoms. The van der Waals surface area contributed by atoms with E-state index in [1.54, 1.807) is 6.07 Å². The van der Waals surface area contributed by atoms with Gasteiger partial charge in [0.1, 0.15) is 5.75 Å². The Labute approximate surface area is 128 Å². The van der Waals surface area contributed by atoms with Crippen LogP contribution in [0.1, 0.15) is 24.1 Å². The number of benzene rings is 2. The molecule has 2 aromatic carbocycles. The number of amides is 1. The van der Waals surface area contributed by atoms with E-state index in [4.69, 9.17) is 10.00 Å². The highest BCUT2D eigenvalue weighted by Crippen LogP contribution is 2.32.